The van der Waals surface area contributed by atoms with Crippen LogP contribution in [0.15, 0.2) is 29.3 Å². The van der Waals surface area contributed by atoms with Crippen LogP contribution in [-0.4, -0.2) is 70.1 Å². The molecule has 2 atom stereocenters. The summed E-state index contributed by atoms with van der Waals surface area (Å²) < 4.78 is 7.00. The van der Waals surface area contributed by atoms with Crippen LogP contribution >= 0.6 is 11.8 Å². The lowest BCUT2D eigenvalue weighted by molar-refractivity contribution is 0.0769. The Morgan fingerprint density at radius 3 is 2.63 bits per heavy atom. The van der Waals surface area contributed by atoms with Crippen LogP contribution in [-0.2, 0) is 6.54 Å². The summed E-state index contributed by atoms with van der Waals surface area (Å²) >= 11 is 1.85. The number of carbonyl (C=O) groups is 1. The van der Waals surface area contributed by atoms with E-state index in [9.17, 15) is 9.59 Å². The van der Waals surface area contributed by atoms with Crippen LogP contribution in [0.5, 0.6) is 5.75 Å². The molecule has 8 nitrogen and oxygen atoms in total. The van der Waals surface area contributed by atoms with Crippen molar-refractivity contribution in [3.8, 4) is 5.75 Å². The van der Waals surface area contributed by atoms with E-state index < -0.39 is 0 Å². The Kier molecular flexibility index (Phi) is 5.14. The molecule has 5 heterocycles. The second-order valence-corrected chi connectivity index (χ2v) is 9.34. The molecule has 3 aliphatic rings. The summed E-state index contributed by atoms with van der Waals surface area (Å²) in [5, 5.41) is 0. The second kappa shape index (κ2) is 7.94. The minimum absolute atomic E-state index is 0.125. The number of pyridine rings is 1. The van der Waals surface area contributed by atoms with Gasteiger partial charge in [-0.3, -0.25) is 9.59 Å². The van der Waals surface area contributed by atoms with Gasteiger partial charge >= 0.3 is 0 Å². The predicted molar refractivity (Wildman–Crippen MR) is 116 cm³/mol. The van der Waals surface area contributed by atoms with Crippen molar-refractivity contribution in [3.05, 3.63) is 46.1 Å². The monoisotopic (exact) mass is 427 g/mol. The van der Waals surface area contributed by atoms with Gasteiger partial charge in [-0.1, -0.05) is 0 Å². The Labute approximate surface area is 179 Å². The van der Waals surface area contributed by atoms with Gasteiger partial charge in [-0.05, 0) is 24.5 Å². The minimum atomic E-state index is -0.139. The van der Waals surface area contributed by atoms with E-state index in [0.29, 0.717) is 42.8 Å². The highest BCUT2D eigenvalue weighted by Crippen LogP contribution is 2.36. The van der Waals surface area contributed by atoms with Gasteiger partial charge in [-0.2, -0.15) is 11.8 Å². The van der Waals surface area contributed by atoms with Crippen molar-refractivity contribution >= 4 is 23.6 Å². The third-order valence-corrected chi connectivity index (χ3v) is 7.21. The molecule has 2 aromatic heterocycles. The van der Waals surface area contributed by atoms with Gasteiger partial charge in [0.15, 0.2) is 5.75 Å². The molecule has 2 aromatic rings. The first-order valence-electron chi connectivity index (χ1n) is 10.4. The van der Waals surface area contributed by atoms with Crippen LogP contribution in [0.4, 0.5) is 5.95 Å². The van der Waals surface area contributed by atoms with Crippen LogP contribution in [0.25, 0.3) is 0 Å². The van der Waals surface area contributed by atoms with Crippen LogP contribution in [0.2, 0.25) is 0 Å². The summed E-state index contributed by atoms with van der Waals surface area (Å²) in [5.41, 5.74) is 1.18. The molecule has 3 aliphatic heterocycles. The standard InChI is InChI=1S/C21H25N5O3S/c1-29-16-9-22-21(23-10-16)25-11-14-8-15(13-25)18-3-2-17(20(28)26(18)12-14)19(27)24-4-6-30-7-5-24/h2-3,9-10,14-15H,4-8,11-13H2,1H3/t14-,15+/m0/s1. The van der Waals surface area contributed by atoms with Crippen LogP contribution < -0.4 is 15.2 Å². The number of ether oxygens (including phenoxy) is 1. The average molecular weight is 428 g/mol. The van der Waals surface area contributed by atoms with Crippen molar-refractivity contribution in [2.24, 2.45) is 5.92 Å². The Hall–Kier alpha value is -2.55. The van der Waals surface area contributed by atoms with E-state index >= 15 is 0 Å². The number of amides is 1. The third kappa shape index (κ3) is 3.45. The van der Waals surface area contributed by atoms with Crippen molar-refractivity contribution in [1.82, 2.24) is 19.4 Å². The largest absolute Gasteiger partial charge is 0.494 e. The van der Waals surface area contributed by atoms with Crippen molar-refractivity contribution in [3.63, 3.8) is 0 Å². The number of hydrogen-bond acceptors (Lipinski definition) is 7. The zero-order valence-corrected chi connectivity index (χ0v) is 17.8. The van der Waals surface area contributed by atoms with Gasteiger partial charge in [-0.25, -0.2) is 9.97 Å². The van der Waals surface area contributed by atoms with Gasteiger partial charge in [0.1, 0.15) is 5.56 Å². The van der Waals surface area contributed by atoms with Gasteiger partial charge in [0, 0.05) is 55.8 Å². The molecule has 158 valence electrons. The fourth-order valence-corrected chi connectivity index (χ4v) is 5.69. The summed E-state index contributed by atoms with van der Waals surface area (Å²) in [7, 11) is 1.60. The zero-order chi connectivity index (χ0) is 20.7. The smallest absolute Gasteiger partial charge is 0.263 e. The Bertz CT molecular complexity index is 1000. The van der Waals surface area contributed by atoms with Crippen LogP contribution in [0, 0.1) is 5.92 Å². The van der Waals surface area contributed by atoms with Crippen molar-refractivity contribution in [2.45, 2.75) is 18.9 Å². The molecule has 30 heavy (non-hydrogen) atoms. The van der Waals surface area contributed by atoms with Crippen molar-refractivity contribution in [2.75, 3.05) is 49.7 Å². The first kappa shape index (κ1) is 19.4. The van der Waals surface area contributed by atoms with Crippen LogP contribution in [0.1, 0.15) is 28.4 Å². The van der Waals surface area contributed by atoms with Gasteiger partial charge in [0.25, 0.3) is 11.5 Å². The summed E-state index contributed by atoms with van der Waals surface area (Å²) in [6.45, 7) is 3.63. The summed E-state index contributed by atoms with van der Waals surface area (Å²) in [4.78, 5) is 39.0. The van der Waals surface area contributed by atoms with E-state index in [1.54, 1.807) is 25.6 Å². The van der Waals surface area contributed by atoms with Gasteiger partial charge in [0.2, 0.25) is 5.95 Å². The summed E-state index contributed by atoms with van der Waals surface area (Å²) in [5.74, 6) is 3.63. The lowest BCUT2D eigenvalue weighted by Gasteiger charge is -2.42. The van der Waals surface area contributed by atoms with Gasteiger partial charge in [-0.15, -0.1) is 0 Å². The lowest BCUT2D eigenvalue weighted by Crippen LogP contribution is -2.49. The fraction of sp³-hybridized carbons (Fsp3) is 0.524. The summed E-state index contributed by atoms with van der Waals surface area (Å²) in [6, 6.07) is 3.72. The zero-order valence-electron chi connectivity index (χ0n) is 17.0. The van der Waals surface area contributed by atoms with E-state index in [1.807, 2.05) is 27.3 Å². The molecule has 2 saturated heterocycles. The number of fused-ring (bicyclic) bond motifs is 4. The molecule has 9 heteroatoms. The van der Waals surface area contributed by atoms with Gasteiger partial charge < -0.3 is 19.1 Å². The quantitative estimate of drug-likeness (QED) is 0.734. The predicted octanol–water partition coefficient (Wildman–Crippen LogP) is 1.46. The Balaban J connectivity index is 1.40. The van der Waals surface area contributed by atoms with E-state index in [2.05, 4.69) is 14.9 Å². The molecule has 2 fully saturated rings. The third-order valence-electron chi connectivity index (χ3n) is 6.27. The first-order chi connectivity index (χ1) is 14.6. The lowest BCUT2D eigenvalue weighted by atomic mass is 9.83. The molecular weight excluding hydrogens is 402 g/mol. The first-order valence-corrected chi connectivity index (χ1v) is 11.5. The number of aromatic nitrogens is 3. The normalized spacial score (nSPS) is 23.1. The van der Waals surface area contributed by atoms with E-state index in [0.717, 1.165) is 36.7 Å². The number of anilines is 1. The number of hydrogen-bond donors (Lipinski definition) is 0. The highest BCUT2D eigenvalue weighted by atomic mass is 32.2. The molecule has 0 N–H and O–H groups in total. The van der Waals surface area contributed by atoms with Crippen LogP contribution in [0.3, 0.4) is 0 Å². The molecule has 0 aromatic carbocycles. The SMILES string of the molecule is COc1cnc(N2C[C@@H]3C[C@H](C2)c2ccc(C(=O)N4CCSCC4)c(=O)n2C3)nc1. The number of nitrogens with zero attached hydrogens (tertiary/aromatic N) is 5. The molecule has 0 spiro atoms. The van der Waals surface area contributed by atoms with E-state index in [4.69, 9.17) is 4.74 Å². The topological polar surface area (TPSA) is 80.6 Å². The maximum absolute atomic E-state index is 13.2. The average Bonchev–Trinajstić information content (AvgIpc) is 2.80. The number of carbonyl (C=O) groups excluding carboxylic acids is 1. The number of methoxy groups -OCH3 is 1. The summed E-state index contributed by atoms with van der Waals surface area (Å²) in [6.07, 6.45) is 4.41. The second-order valence-electron chi connectivity index (χ2n) is 8.12. The van der Waals surface area contributed by atoms with Crippen molar-refractivity contribution in [1.29, 1.82) is 0 Å². The molecule has 0 saturated carbocycles. The van der Waals surface area contributed by atoms with Crippen molar-refractivity contribution < 1.29 is 9.53 Å². The Morgan fingerprint density at radius 2 is 1.90 bits per heavy atom. The highest BCUT2D eigenvalue weighted by molar-refractivity contribution is 7.99. The molecule has 0 aliphatic carbocycles. The maximum Gasteiger partial charge on any atom is 0.263 e. The number of rotatable bonds is 3. The minimum Gasteiger partial charge on any atom is -0.494 e. The Morgan fingerprint density at radius 1 is 1.13 bits per heavy atom. The maximum atomic E-state index is 13.2. The van der Waals surface area contributed by atoms with E-state index in [1.165, 1.54) is 0 Å². The van der Waals surface area contributed by atoms with E-state index in [-0.39, 0.29) is 17.4 Å². The molecular formula is C21H25N5O3S. The fourth-order valence-electron chi connectivity index (χ4n) is 4.79. The molecule has 2 bridgehead atoms. The highest BCUT2D eigenvalue weighted by Gasteiger charge is 2.36. The molecule has 5 rings (SSSR count). The van der Waals surface area contributed by atoms with Gasteiger partial charge in [0.05, 0.1) is 19.5 Å². The number of thioether (sulfide) groups is 1. The number of piperidine rings is 1. The molecule has 1 amide bonds. The molecule has 0 unspecified atom stereocenters. The molecule has 0 radical (unpaired) electrons.